The highest BCUT2D eigenvalue weighted by molar-refractivity contribution is 7.99. The topological polar surface area (TPSA) is 137 Å². The molecule has 4 rings (SSSR count). The predicted octanol–water partition coefficient (Wildman–Crippen LogP) is 2.05. The summed E-state index contributed by atoms with van der Waals surface area (Å²) in [6.45, 7) is -0.615. The number of aliphatic hydroxyl groups excluding tert-OH is 3. The highest BCUT2D eigenvalue weighted by Gasteiger charge is 2.46. The van der Waals surface area contributed by atoms with Crippen LogP contribution < -0.4 is 0 Å². The second-order valence-corrected chi connectivity index (χ2v) is 8.84. The first kappa shape index (κ1) is 24.4. The van der Waals surface area contributed by atoms with Crippen molar-refractivity contribution in [1.82, 2.24) is 20.0 Å². The molecule has 178 valence electrons. The molecule has 1 saturated heterocycles. The molecule has 1 aliphatic heterocycles. The smallest absolute Gasteiger partial charge is 0.194 e. The fraction of sp³-hybridized carbons (Fsp3) is 0.300. The lowest BCUT2D eigenvalue weighted by Gasteiger charge is -2.41. The molecule has 1 fully saturated rings. The van der Waals surface area contributed by atoms with Crippen LogP contribution in [0.3, 0.4) is 0 Å². The summed E-state index contributed by atoms with van der Waals surface area (Å²) in [5.74, 6) is -4.48. The van der Waals surface area contributed by atoms with Crippen LogP contribution in [0.4, 0.5) is 13.2 Å². The minimum atomic E-state index is -1.63. The molecule has 0 spiro atoms. The molecule has 3 N–H and O–H groups in total. The van der Waals surface area contributed by atoms with E-state index in [0.717, 1.165) is 28.6 Å². The Hall–Kier alpha value is -2.73. The molecule has 0 bridgehead atoms. The van der Waals surface area contributed by atoms with E-state index < -0.39 is 53.8 Å². The van der Waals surface area contributed by atoms with Crippen molar-refractivity contribution in [1.29, 1.82) is 5.26 Å². The zero-order chi connectivity index (χ0) is 24.6. The number of benzene rings is 1. The maximum absolute atomic E-state index is 13.6. The van der Waals surface area contributed by atoms with Gasteiger partial charge in [-0.15, -0.1) is 5.10 Å². The van der Waals surface area contributed by atoms with Crippen LogP contribution in [0.25, 0.3) is 11.3 Å². The predicted molar refractivity (Wildman–Crippen MR) is 112 cm³/mol. The van der Waals surface area contributed by atoms with Crippen LogP contribution in [0.1, 0.15) is 11.7 Å². The Balaban J connectivity index is 1.66. The van der Waals surface area contributed by atoms with Gasteiger partial charge in [0.2, 0.25) is 0 Å². The molecular formula is C20H15ClF3N5O4S. The van der Waals surface area contributed by atoms with Crippen LogP contribution in [-0.2, 0) is 4.74 Å². The van der Waals surface area contributed by atoms with E-state index in [2.05, 4.69) is 15.3 Å². The summed E-state index contributed by atoms with van der Waals surface area (Å²) in [6.07, 6.45) is -1.59. The molecule has 1 aromatic carbocycles. The van der Waals surface area contributed by atoms with Gasteiger partial charge in [-0.2, -0.15) is 5.26 Å². The first-order chi connectivity index (χ1) is 16.2. The van der Waals surface area contributed by atoms with Gasteiger partial charge in [0, 0.05) is 16.7 Å². The molecule has 3 aromatic rings. The van der Waals surface area contributed by atoms with Crippen molar-refractivity contribution in [2.45, 2.75) is 34.7 Å². The van der Waals surface area contributed by atoms with Gasteiger partial charge < -0.3 is 20.1 Å². The van der Waals surface area contributed by atoms with Crippen molar-refractivity contribution in [2.75, 3.05) is 6.61 Å². The van der Waals surface area contributed by atoms with Crippen LogP contribution in [0.5, 0.6) is 0 Å². The van der Waals surface area contributed by atoms with Crippen molar-refractivity contribution >= 4 is 23.4 Å². The first-order valence-corrected chi connectivity index (χ1v) is 10.9. The summed E-state index contributed by atoms with van der Waals surface area (Å²) < 4.78 is 47.2. The second kappa shape index (κ2) is 9.87. The third-order valence-corrected chi connectivity index (χ3v) is 6.51. The van der Waals surface area contributed by atoms with E-state index >= 15 is 0 Å². The second-order valence-electron chi connectivity index (χ2n) is 7.26. The maximum atomic E-state index is 13.6. The van der Waals surface area contributed by atoms with Gasteiger partial charge in [-0.1, -0.05) is 28.6 Å². The van der Waals surface area contributed by atoms with Crippen molar-refractivity contribution in [3.05, 3.63) is 58.8 Å². The molecule has 0 saturated carbocycles. The van der Waals surface area contributed by atoms with E-state index in [1.54, 1.807) is 0 Å². The maximum Gasteiger partial charge on any atom is 0.194 e. The number of rotatable bonds is 5. The van der Waals surface area contributed by atoms with Crippen molar-refractivity contribution in [3.63, 3.8) is 0 Å². The Kier molecular flexibility index (Phi) is 7.08. The monoisotopic (exact) mass is 513 g/mol. The highest BCUT2D eigenvalue weighted by Crippen LogP contribution is 2.39. The van der Waals surface area contributed by atoms with Crippen molar-refractivity contribution < 1.29 is 33.2 Å². The number of aromatic nitrogens is 4. The molecule has 0 aliphatic carbocycles. The molecule has 5 atom stereocenters. The average molecular weight is 514 g/mol. The van der Waals surface area contributed by atoms with Gasteiger partial charge in [0.1, 0.15) is 41.6 Å². The summed E-state index contributed by atoms with van der Waals surface area (Å²) in [4.78, 5) is 4.20. The zero-order valence-electron chi connectivity index (χ0n) is 16.9. The molecule has 14 heteroatoms. The quantitative estimate of drug-likeness (QED) is 0.438. The standard InChI is InChI=1S/C20H15ClF3N5O4S/c21-9-3-15(12(4-25)26-5-9)34-20-19(32)17(18(31)14(7-30)33-20)29-6-13(27-28-29)8-1-10(22)16(24)11(23)2-8/h1-3,5-6,14,17-20,30-32H,7H2/t14-,17+,18+,19-,20-/m1/s1. The van der Waals surface area contributed by atoms with Crippen LogP contribution >= 0.6 is 23.4 Å². The molecule has 3 heterocycles. The van der Waals surface area contributed by atoms with E-state index in [0.29, 0.717) is 4.90 Å². The highest BCUT2D eigenvalue weighted by atomic mass is 35.5. The average Bonchev–Trinajstić information content (AvgIpc) is 3.29. The molecule has 0 radical (unpaired) electrons. The number of halogens is 4. The van der Waals surface area contributed by atoms with E-state index in [-0.39, 0.29) is 22.0 Å². The van der Waals surface area contributed by atoms with Crippen molar-refractivity contribution in [3.8, 4) is 17.3 Å². The van der Waals surface area contributed by atoms with E-state index in [9.17, 15) is 33.8 Å². The molecule has 34 heavy (non-hydrogen) atoms. The lowest BCUT2D eigenvalue weighted by Crippen LogP contribution is -2.55. The summed E-state index contributed by atoms with van der Waals surface area (Å²) in [5, 5.41) is 48.5. The Morgan fingerprint density at radius 3 is 2.53 bits per heavy atom. The van der Waals surface area contributed by atoms with Gasteiger partial charge in [0.05, 0.1) is 17.8 Å². The fourth-order valence-electron chi connectivity index (χ4n) is 3.46. The van der Waals surface area contributed by atoms with Gasteiger partial charge in [-0.05, 0) is 18.2 Å². The van der Waals surface area contributed by atoms with Crippen LogP contribution in [0.2, 0.25) is 5.02 Å². The largest absolute Gasteiger partial charge is 0.394 e. The van der Waals surface area contributed by atoms with Crippen molar-refractivity contribution in [2.24, 2.45) is 0 Å². The number of aliphatic hydroxyl groups is 3. The van der Waals surface area contributed by atoms with Gasteiger partial charge in [-0.25, -0.2) is 22.8 Å². The van der Waals surface area contributed by atoms with E-state index in [1.807, 2.05) is 6.07 Å². The molecular weight excluding hydrogens is 499 g/mol. The molecule has 2 aromatic heterocycles. The first-order valence-electron chi connectivity index (χ1n) is 9.65. The van der Waals surface area contributed by atoms with Crippen LogP contribution in [-0.4, -0.2) is 65.7 Å². The van der Waals surface area contributed by atoms with Gasteiger partial charge >= 0.3 is 0 Å². The summed E-state index contributed by atoms with van der Waals surface area (Å²) >= 11 is 6.86. The Labute approximate surface area is 199 Å². The number of nitriles is 1. The van der Waals surface area contributed by atoms with E-state index in [1.165, 1.54) is 18.5 Å². The summed E-state index contributed by atoms with van der Waals surface area (Å²) in [5.41, 5.74) is -1.26. The molecule has 1 aliphatic rings. The molecule has 0 amide bonds. The summed E-state index contributed by atoms with van der Waals surface area (Å²) in [7, 11) is 0. The Bertz CT molecular complexity index is 1240. The van der Waals surface area contributed by atoms with Gasteiger partial charge in [-0.3, -0.25) is 0 Å². The SMILES string of the molecule is N#Cc1ncc(Cl)cc1S[C@H]1O[C@H](CO)[C@H](O)[C@H](n2cc(-c3cc(F)c(F)c(F)c3)nn2)[C@H]1O. The Morgan fingerprint density at radius 1 is 1.18 bits per heavy atom. The Morgan fingerprint density at radius 2 is 1.88 bits per heavy atom. The normalized spacial score (nSPS) is 24.7. The minimum absolute atomic E-state index is 0.0248. The van der Waals surface area contributed by atoms with Gasteiger partial charge in [0.15, 0.2) is 23.1 Å². The number of thioether (sulfide) groups is 1. The fourth-order valence-corrected chi connectivity index (χ4v) is 4.83. The number of ether oxygens (including phenoxy) is 1. The lowest BCUT2D eigenvalue weighted by atomic mass is 9.97. The number of pyridine rings is 1. The third kappa shape index (κ3) is 4.61. The number of nitrogens with zero attached hydrogens (tertiary/aromatic N) is 5. The lowest BCUT2D eigenvalue weighted by molar-refractivity contribution is -0.178. The number of hydrogen-bond acceptors (Lipinski definition) is 9. The van der Waals surface area contributed by atoms with E-state index in [4.69, 9.17) is 16.3 Å². The third-order valence-electron chi connectivity index (χ3n) is 5.11. The number of hydrogen-bond donors (Lipinski definition) is 3. The van der Waals surface area contributed by atoms with Gasteiger partial charge in [0.25, 0.3) is 0 Å². The molecule has 9 nitrogen and oxygen atoms in total. The molecule has 0 unspecified atom stereocenters. The zero-order valence-corrected chi connectivity index (χ0v) is 18.5. The van der Waals surface area contributed by atoms with Crippen LogP contribution in [0.15, 0.2) is 35.5 Å². The summed E-state index contributed by atoms with van der Waals surface area (Å²) in [6, 6.07) is 3.60. The van der Waals surface area contributed by atoms with Crippen LogP contribution in [0, 0.1) is 28.8 Å². The minimum Gasteiger partial charge on any atom is -0.394 e.